The molecule has 2 aliphatic rings. The molecule has 0 aliphatic carbocycles. The third-order valence-electron chi connectivity index (χ3n) is 3.94. The topological polar surface area (TPSA) is 49.6 Å². The molecule has 2 saturated heterocycles. The minimum atomic E-state index is 0.309. The highest BCUT2D eigenvalue weighted by Gasteiger charge is 2.25. The van der Waals surface area contributed by atoms with E-state index in [1.807, 2.05) is 11.8 Å². The Morgan fingerprint density at radius 1 is 1.33 bits per heavy atom. The first-order chi connectivity index (χ1) is 8.69. The lowest BCUT2D eigenvalue weighted by Gasteiger charge is -2.35. The van der Waals surface area contributed by atoms with E-state index in [-0.39, 0.29) is 0 Å². The van der Waals surface area contributed by atoms with Crippen molar-refractivity contribution in [2.45, 2.75) is 37.5 Å². The van der Waals surface area contributed by atoms with Crippen molar-refractivity contribution in [3.8, 4) is 0 Å². The molecule has 18 heavy (non-hydrogen) atoms. The fourth-order valence-corrected chi connectivity index (χ4v) is 3.78. The average Bonchev–Trinajstić information content (AvgIpc) is 2.41. The van der Waals surface area contributed by atoms with Crippen molar-refractivity contribution < 1.29 is 4.79 Å². The molecular formula is C13H25N3OS. The summed E-state index contributed by atoms with van der Waals surface area (Å²) < 4.78 is 0. The molecule has 0 aromatic carbocycles. The lowest BCUT2D eigenvalue weighted by molar-refractivity contribution is -0.132. The minimum Gasteiger partial charge on any atom is -0.340 e. The van der Waals surface area contributed by atoms with Gasteiger partial charge in [-0.2, -0.15) is 11.8 Å². The highest BCUT2D eigenvalue weighted by atomic mass is 32.2. The Morgan fingerprint density at radius 3 is 2.72 bits per heavy atom. The van der Waals surface area contributed by atoms with E-state index in [0.29, 0.717) is 23.7 Å². The molecule has 0 bridgehead atoms. The number of carbonyl (C=O) groups excluding carboxylic acids is 1. The minimum absolute atomic E-state index is 0.309. The zero-order chi connectivity index (χ0) is 13.0. The lowest BCUT2D eigenvalue weighted by Crippen LogP contribution is -2.48. The first kappa shape index (κ1) is 14.2. The Bertz CT molecular complexity index is 279. The van der Waals surface area contributed by atoms with E-state index in [2.05, 4.69) is 16.7 Å². The number of rotatable bonds is 3. The van der Waals surface area contributed by atoms with Gasteiger partial charge in [0.05, 0.1) is 6.54 Å². The summed E-state index contributed by atoms with van der Waals surface area (Å²) in [5, 5.41) is 0.637. The van der Waals surface area contributed by atoms with Gasteiger partial charge in [0.15, 0.2) is 0 Å². The number of likely N-dealkylation sites (tertiary alicyclic amines) is 1. The summed E-state index contributed by atoms with van der Waals surface area (Å²) in [4.78, 5) is 16.6. The molecule has 1 amide bonds. The molecule has 0 saturated carbocycles. The number of carbonyl (C=O) groups is 1. The largest absolute Gasteiger partial charge is 0.340 e. The number of amides is 1. The zero-order valence-corrected chi connectivity index (χ0v) is 12.1. The van der Waals surface area contributed by atoms with E-state index in [4.69, 9.17) is 5.73 Å². The van der Waals surface area contributed by atoms with Gasteiger partial charge >= 0.3 is 0 Å². The second-order valence-electron chi connectivity index (χ2n) is 5.35. The quantitative estimate of drug-likeness (QED) is 0.823. The summed E-state index contributed by atoms with van der Waals surface area (Å²) >= 11 is 2.01. The Labute approximate surface area is 114 Å². The molecule has 5 heteroatoms. The van der Waals surface area contributed by atoms with Gasteiger partial charge in [0.2, 0.25) is 5.91 Å². The van der Waals surface area contributed by atoms with Gasteiger partial charge in [0.25, 0.3) is 0 Å². The molecule has 1 atom stereocenters. The van der Waals surface area contributed by atoms with Crippen LogP contribution in [0.25, 0.3) is 0 Å². The Morgan fingerprint density at radius 2 is 2.06 bits per heavy atom. The van der Waals surface area contributed by atoms with E-state index < -0.39 is 0 Å². The van der Waals surface area contributed by atoms with Crippen molar-refractivity contribution in [3.05, 3.63) is 0 Å². The van der Waals surface area contributed by atoms with Gasteiger partial charge in [-0.25, -0.2) is 0 Å². The predicted molar refractivity (Wildman–Crippen MR) is 76.8 cm³/mol. The highest BCUT2D eigenvalue weighted by molar-refractivity contribution is 8.00. The number of nitrogens with two attached hydrogens (primary N) is 1. The SMILES string of the molecule is CCC1CN(C(=O)CN2CCC(N)CC2)CCS1. The van der Waals surface area contributed by atoms with E-state index >= 15 is 0 Å². The standard InChI is InChI=1S/C13H25N3OS/c1-2-12-9-16(7-8-18-12)13(17)10-15-5-3-11(14)4-6-15/h11-12H,2-10,14H2,1H3. The molecule has 2 fully saturated rings. The normalized spacial score (nSPS) is 27.4. The van der Waals surface area contributed by atoms with Gasteiger partial charge in [-0.1, -0.05) is 6.92 Å². The van der Waals surface area contributed by atoms with Crippen LogP contribution in [0.5, 0.6) is 0 Å². The van der Waals surface area contributed by atoms with Crippen LogP contribution in [-0.2, 0) is 4.79 Å². The third kappa shape index (κ3) is 3.87. The summed E-state index contributed by atoms with van der Waals surface area (Å²) in [5.74, 6) is 1.40. The molecule has 104 valence electrons. The summed E-state index contributed by atoms with van der Waals surface area (Å²) in [6.07, 6.45) is 3.22. The van der Waals surface area contributed by atoms with Crippen LogP contribution in [0.4, 0.5) is 0 Å². The van der Waals surface area contributed by atoms with E-state index in [1.165, 1.54) is 0 Å². The zero-order valence-electron chi connectivity index (χ0n) is 11.3. The summed E-state index contributed by atoms with van der Waals surface area (Å²) in [5.41, 5.74) is 5.88. The van der Waals surface area contributed by atoms with Crippen LogP contribution >= 0.6 is 11.8 Å². The molecule has 2 rings (SSSR count). The molecule has 0 radical (unpaired) electrons. The maximum Gasteiger partial charge on any atom is 0.236 e. The summed E-state index contributed by atoms with van der Waals surface area (Å²) in [6.45, 7) is 6.62. The highest BCUT2D eigenvalue weighted by Crippen LogP contribution is 2.21. The third-order valence-corrected chi connectivity index (χ3v) is 5.31. The first-order valence-corrected chi connectivity index (χ1v) is 8.11. The van der Waals surface area contributed by atoms with Crippen molar-refractivity contribution in [2.24, 2.45) is 5.73 Å². The Balaban J connectivity index is 1.77. The van der Waals surface area contributed by atoms with Crippen LogP contribution in [0.15, 0.2) is 0 Å². The lowest BCUT2D eigenvalue weighted by atomic mass is 10.1. The van der Waals surface area contributed by atoms with Crippen LogP contribution < -0.4 is 5.73 Å². The molecular weight excluding hydrogens is 246 g/mol. The van der Waals surface area contributed by atoms with Crippen molar-refractivity contribution in [1.29, 1.82) is 0 Å². The fraction of sp³-hybridized carbons (Fsp3) is 0.923. The van der Waals surface area contributed by atoms with Crippen LogP contribution in [-0.4, -0.2) is 65.5 Å². The van der Waals surface area contributed by atoms with Crippen molar-refractivity contribution in [3.63, 3.8) is 0 Å². The predicted octanol–water partition coefficient (Wildman–Crippen LogP) is 0.764. The Kier molecular flexibility index (Phi) is 5.33. The molecule has 2 aliphatic heterocycles. The van der Waals surface area contributed by atoms with Gasteiger partial charge < -0.3 is 10.6 Å². The van der Waals surface area contributed by atoms with Crippen LogP contribution in [0.3, 0.4) is 0 Å². The Hall–Kier alpha value is -0.260. The molecule has 1 unspecified atom stereocenters. The number of thioether (sulfide) groups is 1. The van der Waals surface area contributed by atoms with Gasteiger partial charge in [0, 0.05) is 43.2 Å². The fourth-order valence-electron chi connectivity index (χ4n) is 2.60. The maximum atomic E-state index is 12.3. The van der Waals surface area contributed by atoms with Gasteiger partial charge in [0.1, 0.15) is 0 Å². The molecule has 2 heterocycles. The maximum absolute atomic E-state index is 12.3. The molecule has 0 aromatic heterocycles. The molecule has 0 aromatic rings. The smallest absolute Gasteiger partial charge is 0.236 e. The number of piperidine rings is 1. The monoisotopic (exact) mass is 271 g/mol. The van der Waals surface area contributed by atoms with E-state index in [0.717, 1.165) is 51.2 Å². The summed E-state index contributed by atoms with van der Waals surface area (Å²) in [7, 11) is 0. The summed E-state index contributed by atoms with van der Waals surface area (Å²) in [6, 6.07) is 0.340. The van der Waals surface area contributed by atoms with Gasteiger partial charge in [-0.05, 0) is 19.3 Å². The van der Waals surface area contributed by atoms with E-state index in [9.17, 15) is 4.79 Å². The number of nitrogens with zero attached hydrogens (tertiary/aromatic N) is 2. The van der Waals surface area contributed by atoms with Crippen molar-refractivity contribution in [2.75, 3.05) is 38.5 Å². The molecule has 4 nitrogen and oxygen atoms in total. The van der Waals surface area contributed by atoms with Crippen LogP contribution in [0, 0.1) is 0 Å². The second-order valence-corrected chi connectivity index (χ2v) is 6.76. The van der Waals surface area contributed by atoms with Crippen LogP contribution in [0.2, 0.25) is 0 Å². The number of hydrogen-bond donors (Lipinski definition) is 1. The van der Waals surface area contributed by atoms with E-state index in [1.54, 1.807) is 0 Å². The average molecular weight is 271 g/mol. The van der Waals surface area contributed by atoms with Crippen molar-refractivity contribution in [1.82, 2.24) is 9.80 Å². The van der Waals surface area contributed by atoms with Gasteiger partial charge in [-0.15, -0.1) is 0 Å². The van der Waals surface area contributed by atoms with Crippen LogP contribution in [0.1, 0.15) is 26.2 Å². The first-order valence-electron chi connectivity index (χ1n) is 7.06. The van der Waals surface area contributed by atoms with Crippen molar-refractivity contribution >= 4 is 17.7 Å². The molecule has 0 spiro atoms. The number of hydrogen-bond acceptors (Lipinski definition) is 4. The second kappa shape index (κ2) is 6.78. The molecule has 2 N–H and O–H groups in total. The van der Waals surface area contributed by atoms with Gasteiger partial charge in [-0.3, -0.25) is 9.69 Å².